The van der Waals surface area contributed by atoms with Gasteiger partial charge < -0.3 is 24.6 Å². The van der Waals surface area contributed by atoms with Crippen LogP contribution in [0.3, 0.4) is 0 Å². The number of amides is 1. The van der Waals surface area contributed by atoms with Gasteiger partial charge in [-0.25, -0.2) is 4.79 Å². The van der Waals surface area contributed by atoms with Crippen LogP contribution >= 0.6 is 11.6 Å². The molecule has 2 unspecified atom stereocenters. The van der Waals surface area contributed by atoms with E-state index in [0.29, 0.717) is 29.2 Å². The Morgan fingerprint density at radius 3 is 1.87 bits per heavy atom. The molecular weight excluding hydrogens is 824 g/mol. The predicted molar refractivity (Wildman–Crippen MR) is 251 cm³/mol. The summed E-state index contributed by atoms with van der Waals surface area (Å²) in [7, 11) is -0.414. The summed E-state index contributed by atoms with van der Waals surface area (Å²) in [6.45, 7) is 12.2. The number of ether oxygens (including phenoxy) is 3. The maximum atomic E-state index is 12.0. The Labute approximate surface area is 370 Å². The van der Waals surface area contributed by atoms with E-state index in [1.54, 1.807) is 47.1 Å². The van der Waals surface area contributed by atoms with Crippen molar-refractivity contribution in [1.29, 1.82) is 0 Å². The molecule has 0 spiro atoms. The number of nitrogens with one attached hydrogen (secondary N) is 1. The number of hydrogen-bond acceptors (Lipinski definition) is 8. The average molecular weight is 880 g/mol. The van der Waals surface area contributed by atoms with Gasteiger partial charge in [0.2, 0.25) is 0 Å². The van der Waals surface area contributed by atoms with Gasteiger partial charge in [0.05, 0.1) is 56.1 Å². The van der Waals surface area contributed by atoms with Crippen LogP contribution in [0.25, 0.3) is 33.4 Å². The van der Waals surface area contributed by atoms with E-state index in [0.717, 1.165) is 62.5 Å². The molecule has 10 nitrogen and oxygen atoms in total. The molecule has 1 amide bonds. The zero-order valence-corrected chi connectivity index (χ0v) is 38.2. The number of hydrogen-bond donors (Lipinski definition) is 2. The van der Waals surface area contributed by atoms with Crippen molar-refractivity contribution in [3.63, 3.8) is 0 Å². The normalized spacial score (nSPS) is 15.9. The Morgan fingerprint density at radius 2 is 1.29 bits per heavy atom. The first-order chi connectivity index (χ1) is 29.3. The molecule has 2 aliphatic rings. The minimum atomic E-state index is -3.71. The fraction of sp³-hybridized carbons (Fsp3) is 0.300. The van der Waals surface area contributed by atoms with E-state index in [2.05, 4.69) is 62.5 Å². The fourth-order valence-corrected chi connectivity index (χ4v) is 8.97. The summed E-state index contributed by atoms with van der Waals surface area (Å²) in [5, 5.41) is 14.3. The molecule has 2 aliphatic heterocycles. The average Bonchev–Trinajstić information content (AvgIpc) is 3.22. The Bertz CT molecular complexity index is 2620. The van der Waals surface area contributed by atoms with E-state index in [4.69, 9.17) is 30.0 Å². The second kappa shape index (κ2) is 18.8. The molecule has 0 radical (unpaired) electrons. The Balaban J connectivity index is 0.000000207. The van der Waals surface area contributed by atoms with Crippen LogP contribution in [0.1, 0.15) is 58.2 Å². The smallest absolute Gasteiger partial charge is 0.412 e. The van der Waals surface area contributed by atoms with Gasteiger partial charge in [-0.2, -0.15) is 8.42 Å². The van der Waals surface area contributed by atoms with Crippen molar-refractivity contribution >= 4 is 50.3 Å². The second-order valence-corrected chi connectivity index (χ2v) is 18.5. The predicted octanol–water partition coefficient (Wildman–Crippen LogP) is 11.6. The lowest BCUT2D eigenvalue weighted by atomic mass is 9.85. The highest BCUT2D eigenvalue weighted by Gasteiger charge is 2.39. The number of halogens is 1. The van der Waals surface area contributed by atoms with E-state index in [1.807, 2.05) is 72.8 Å². The summed E-state index contributed by atoms with van der Waals surface area (Å²) in [6.07, 6.45) is 3.86. The van der Waals surface area contributed by atoms with E-state index < -0.39 is 27.9 Å². The summed E-state index contributed by atoms with van der Waals surface area (Å²) in [5.41, 5.74) is 9.05. The molecule has 2 N–H and O–H groups in total. The molecule has 2 atom stereocenters. The lowest BCUT2D eigenvalue weighted by molar-refractivity contribution is 0.106. The molecule has 12 heteroatoms. The van der Waals surface area contributed by atoms with Gasteiger partial charge in [0.15, 0.2) is 0 Å². The van der Waals surface area contributed by atoms with Crippen LogP contribution in [0.5, 0.6) is 11.5 Å². The monoisotopic (exact) mass is 878 g/mol. The van der Waals surface area contributed by atoms with Gasteiger partial charge in [0.1, 0.15) is 11.5 Å². The molecule has 0 bridgehead atoms. The number of benzene rings is 5. The van der Waals surface area contributed by atoms with E-state index in [9.17, 15) is 18.3 Å². The minimum Gasteiger partial charge on any atom is -0.496 e. The van der Waals surface area contributed by atoms with E-state index >= 15 is 0 Å². The number of methoxy groups -OCH3 is 2. The van der Waals surface area contributed by atoms with Crippen molar-refractivity contribution in [2.45, 2.75) is 71.2 Å². The maximum absolute atomic E-state index is 12.0. The molecular formula is C50H55ClN2O8S. The van der Waals surface area contributed by atoms with Crippen molar-refractivity contribution in [2.24, 2.45) is 0 Å². The van der Waals surface area contributed by atoms with Crippen LogP contribution in [0.4, 0.5) is 16.2 Å². The molecule has 0 aliphatic carbocycles. The number of rotatable bonds is 12. The lowest BCUT2D eigenvalue weighted by Gasteiger charge is -2.41. The van der Waals surface area contributed by atoms with Crippen LogP contribution < -0.4 is 19.7 Å². The number of anilines is 2. The van der Waals surface area contributed by atoms with E-state index in [1.165, 1.54) is 10.5 Å². The zero-order valence-electron chi connectivity index (χ0n) is 36.7. The first-order valence-corrected chi connectivity index (χ1v) is 22.6. The van der Waals surface area contributed by atoms with Crippen LogP contribution in [-0.4, -0.2) is 70.0 Å². The highest BCUT2D eigenvalue weighted by Crippen LogP contribution is 2.44. The summed E-state index contributed by atoms with van der Waals surface area (Å²) >= 11 is 6.31. The summed E-state index contributed by atoms with van der Waals surface area (Å²) < 4.78 is 46.0. The van der Waals surface area contributed by atoms with E-state index in [-0.39, 0.29) is 11.6 Å². The zero-order chi connectivity index (χ0) is 45.0. The first kappa shape index (κ1) is 45.9. The van der Waals surface area contributed by atoms with Crippen molar-refractivity contribution in [3.8, 4) is 33.8 Å². The van der Waals surface area contributed by atoms with Crippen LogP contribution in [0.2, 0.25) is 5.02 Å². The highest BCUT2D eigenvalue weighted by molar-refractivity contribution is 7.86. The van der Waals surface area contributed by atoms with Crippen molar-refractivity contribution < 1.29 is 36.7 Å². The second-order valence-electron chi connectivity index (χ2n) is 16.5. The molecule has 62 heavy (non-hydrogen) atoms. The molecule has 0 saturated carbocycles. The summed E-state index contributed by atoms with van der Waals surface area (Å²) in [5.74, 6) is 1.54. The molecule has 5 aromatic rings. The van der Waals surface area contributed by atoms with Crippen molar-refractivity contribution in [1.82, 2.24) is 0 Å². The van der Waals surface area contributed by atoms with Gasteiger partial charge in [-0.15, -0.1) is 0 Å². The molecule has 5 aromatic carbocycles. The molecule has 2 heterocycles. The van der Waals surface area contributed by atoms with Crippen LogP contribution in [0, 0.1) is 0 Å². The van der Waals surface area contributed by atoms with Gasteiger partial charge in [-0.1, -0.05) is 90.5 Å². The molecule has 0 aromatic heterocycles. The Morgan fingerprint density at radius 1 is 0.742 bits per heavy atom. The fourth-order valence-electron chi connectivity index (χ4n) is 8.11. The number of para-hydroxylation sites is 2. The SMILES string of the molecule is COc1ccccc1-c1ccc2c(c1)C(C(C)OCCc1ccccc1Cl)=CC(C)(C)N2.COc1ccccc1-c1ccc2c(c1)C(C(C)OS(C)(=O)=O)=CC(C)(C)N2C(=O)O. The van der Waals surface area contributed by atoms with Crippen molar-refractivity contribution in [3.05, 3.63) is 143 Å². The van der Waals surface area contributed by atoms with Gasteiger partial charge in [-0.3, -0.25) is 9.08 Å². The molecule has 7 rings (SSSR count). The largest absolute Gasteiger partial charge is 0.496 e. The Hall–Kier alpha value is -5.59. The highest BCUT2D eigenvalue weighted by atomic mass is 35.5. The maximum Gasteiger partial charge on any atom is 0.412 e. The van der Waals surface area contributed by atoms with Crippen LogP contribution in [0.15, 0.2) is 121 Å². The lowest BCUT2D eigenvalue weighted by Crippen LogP contribution is -2.49. The molecule has 0 saturated heterocycles. The van der Waals surface area contributed by atoms with Crippen molar-refractivity contribution in [2.75, 3.05) is 37.3 Å². The Kier molecular flexibility index (Phi) is 13.9. The number of carbonyl (C=O) groups is 1. The minimum absolute atomic E-state index is 0.0504. The topological polar surface area (TPSA) is 124 Å². The van der Waals surface area contributed by atoms with Gasteiger partial charge >= 0.3 is 6.09 Å². The third-order valence-corrected chi connectivity index (χ3v) is 11.9. The number of fused-ring (bicyclic) bond motifs is 2. The first-order valence-electron chi connectivity index (χ1n) is 20.4. The third-order valence-electron chi connectivity index (χ3n) is 10.9. The quantitative estimate of drug-likeness (QED) is 0.118. The van der Waals surface area contributed by atoms with Gasteiger partial charge in [-0.05, 0) is 118 Å². The van der Waals surface area contributed by atoms with Gasteiger partial charge in [0, 0.05) is 33.0 Å². The molecule has 0 fully saturated rings. The van der Waals surface area contributed by atoms with Gasteiger partial charge in [0.25, 0.3) is 10.1 Å². The summed E-state index contributed by atoms with van der Waals surface area (Å²) in [4.78, 5) is 13.3. The summed E-state index contributed by atoms with van der Waals surface area (Å²) in [6, 6.07) is 35.5. The van der Waals surface area contributed by atoms with Crippen LogP contribution in [-0.2, 0) is 25.5 Å². The standard InChI is InChI=1S/C28H30ClNO2.C22H25NO6S/c1-19(32-16-15-20-9-5-7-11-25(20)29)24-18-28(2,3)30-26-14-13-21(17-23(24)26)22-10-6-8-12-27(22)31-4;1-14(29-30(5,26)27)18-13-22(2,3)23(21(24)25)19-11-10-15(12-17(18)19)16-8-6-7-9-20(16)28-4/h5-14,17-19,30H,15-16H2,1-4H3;6-14H,1-5H3,(H,24,25). The number of carboxylic acid groups (broad SMARTS) is 1. The molecule has 326 valence electrons. The number of nitrogens with zero attached hydrogens (tertiary/aromatic N) is 1. The third kappa shape index (κ3) is 10.5.